The second-order valence-corrected chi connectivity index (χ2v) is 7.92. The van der Waals surface area contributed by atoms with Crippen LogP contribution < -0.4 is 16.6 Å². The fourth-order valence-corrected chi connectivity index (χ4v) is 4.65. The molecule has 0 unspecified atom stereocenters. The normalized spacial score (nSPS) is 23.3. The fraction of sp³-hybridized carbons (Fsp3) is 0.381. The zero-order chi connectivity index (χ0) is 20.7. The highest BCUT2D eigenvalue weighted by molar-refractivity contribution is 5.92. The van der Waals surface area contributed by atoms with E-state index in [0.717, 1.165) is 17.7 Å². The van der Waals surface area contributed by atoms with Crippen molar-refractivity contribution in [3.05, 3.63) is 63.8 Å². The van der Waals surface area contributed by atoms with Crippen LogP contribution in [0.15, 0.2) is 41.2 Å². The van der Waals surface area contributed by atoms with Crippen molar-refractivity contribution in [2.45, 2.75) is 25.3 Å². The van der Waals surface area contributed by atoms with E-state index in [1.807, 2.05) is 17.9 Å². The van der Waals surface area contributed by atoms with Crippen LogP contribution in [-0.2, 0) is 9.59 Å². The summed E-state index contributed by atoms with van der Waals surface area (Å²) in [4.78, 5) is 39.0. The molecule has 1 aromatic carbocycles. The van der Waals surface area contributed by atoms with Crippen LogP contribution in [0.4, 0.5) is 10.1 Å². The summed E-state index contributed by atoms with van der Waals surface area (Å²) in [6, 6.07) is 8.77. The molecule has 8 heteroatoms. The fourth-order valence-electron chi connectivity index (χ4n) is 4.65. The number of likely N-dealkylation sites (tertiary alicyclic amines) is 1. The van der Waals surface area contributed by atoms with Crippen LogP contribution in [0.5, 0.6) is 0 Å². The number of hydrogen-bond donors (Lipinski definition) is 2. The number of nitrogens with one attached hydrogen (secondary N) is 1. The Kier molecular flexibility index (Phi) is 4.96. The first kappa shape index (κ1) is 19.3. The van der Waals surface area contributed by atoms with E-state index in [-0.39, 0.29) is 35.5 Å². The predicted molar refractivity (Wildman–Crippen MR) is 106 cm³/mol. The van der Waals surface area contributed by atoms with Gasteiger partial charge in [-0.15, -0.1) is 0 Å². The maximum absolute atomic E-state index is 13.9. The van der Waals surface area contributed by atoms with Crippen molar-refractivity contribution < 1.29 is 14.0 Å². The lowest BCUT2D eigenvalue weighted by Crippen LogP contribution is -2.53. The van der Waals surface area contributed by atoms with Gasteiger partial charge < -0.3 is 11.1 Å². The average Bonchev–Trinajstić information content (AvgIpc) is 2.65. The molecule has 1 fully saturated rings. The number of primary amides is 1. The molecule has 0 radical (unpaired) electrons. The van der Waals surface area contributed by atoms with E-state index in [1.54, 1.807) is 18.2 Å². The van der Waals surface area contributed by atoms with Gasteiger partial charge >= 0.3 is 0 Å². The van der Waals surface area contributed by atoms with Gasteiger partial charge in [0, 0.05) is 36.7 Å². The second kappa shape index (κ2) is 7.44. The summed E-state index contributed by atoms with van der Waals surface area (Å²) in [7, 11) is 0. The molecule has 2 bridgehead atoms. The van der Waals surface area contributed by atoms with E-state index in [2.05, 4.69) is 5.32 Å². The number of rotatable bonds is 4. The molecule has 1 saturated heterocycles. The number of halogens is 1. The first-order valence-electron chi connectivity index (χ1n) is 9.62. The lowest BCUT2D eigenvalue weighted by atomic mass is 9.78. The van der Waals surface area contributed by atoms with Gasteiger partial charge in [0.15, 0.2) is 0 Å². The maximum Gasteiger partial charge on any atom is 0.251 e. The van der Waals surface area contributed by atoms with Gasteiger partial charge in [0.2, 0.25) is 11.8 Å². The number of hydrogen-bond acceptors (Lipinski definition) is 4. The van der Waals surface area contributed by atoms with Crippen LogP contribution in [0.25, 0.3) is 0 Å². The first-order chi connectivity index (χ1) is 13.8. The molecule has 0 aliphatic carbocycles. The van der Waals surface area contributed by atoms with Gasteiger partial charge in [0.05, 0.1) is 12.2 Å². The maximum atomic E-state index is 13.9. The van der Waals surface area contributed by atoms with Gasteiger partial charge in [-0.05, 0) is 37.1 Å². The molecule has 1 aromatic heterocycles. The SMILES string of the molecule is Cc1ccc(F)c(NC(=O)CN2C[C@H]3C[C@@H](C2)[C@H](C(N)=O)n2c3cccc2=O)c1. The Bertz CT molecular complexity index is 1030. The number of piperidine rings is 1. The van der Waals surface area contributed by atoms with E-state index in [4.69, 9.17) is 5.73 Å². The van der Waals surface area contributed by atoms with Gasteiger partial charge in [-0.1, -0.05) is 12.1 Å². The molecule has 152 valence electrons. The zero-order valence-corrected chi connectivity index (χ0v) is 16.1. The van der Waals surface area contributed by atoms with Crippen LogP contribution in [0.1, 0.15) is 29.6 Å². The summed E-state index contributed by atoms with van der Waals surface area (Å²) in [5.74, 6) is -1.47. The number of fused-ring (bicyclic) bond motifs is 4. The smallest absolute Gasteiger partial charge is 0.251 e. The lowest BCUT2D eigenvalue weighted by molar-refractivity contribution is -0.124. The first-order valence-corrected chi connectivity index (χ1v) is 9.62. The molecule has 4 rings (SSSR count). The van der Waals surface area contributed by atoms with Crippen LogP contribution in [0, 0.1) is 18.7 Å². The molecule has 3 heterocycles. The van der Waals surface area contributed by atoms with Crippen LogP contribution in [-0.4, -0.2) is 40.9 Å². The van der Waals surface area contributed by atoms with E-state index in [1.165, 1.54) is 16.7 Å². The van der Waals surface area contributed by atoms with Crippen LogP contribution in [0.3, 0.4) is 0 Å². The minimum absolute atomic E-state index is 0.0294. The molecule has 7 nitrogen and oxygen atoms in total. The lowest BCUT2D eigenvalue weighted by Gasteiger charge is -2.45. The predicted octanol–water partition coefficient (Wildman–Crippen LogP) is 1.38. The van der Waals surface area contributed by atoms with Crippen molar-refractivity contribution in [3.8, 4) is 0 Å². The van der Waals surface area contributed by atoms with E-state index in [9.17, 15) is 18.8 Å². The van der Waals surface area contributed by atoms with E-state index in [0.29, 0.717) is 13.1 Å². The van der Waals surface area contributed by atoms with E-state index < -0.39 is 17.8 Å². The number of carbonyl (C=O) groups excluding carboxylic acids is 2. The number of anilines is 1. The molecular formula is C21H23FN4O3. The third-order valence-corrected chi connectivity index (χ3v) is 5.78. The Morgan fingerprint density at radius 2 is 2.03 bits per heavy atom. The molecule has 0 spiro atoms. The number of benzene rings is 1. The number of nitrogens with two attached hydrogens (primary N) is 1. The number of aromatic nitrogens is 1. The quantitative estimate of drug-likeness (QED) is 0.813. The van der Waals surface area contributed by atoms with Crippen LogP contribution in [0.2, 0.25) is 0 Å². The summed E-state index contributed by atoms with van der Waals surface area (Å²) in [6.07, 6.45) is 0.738. The molecule has 2 amide bonds. The zero-order valence-electron chi connectivity index (χ0n) is 16.1. The largest absolute Gasteiger partial charge is 0.368 e. The standard InChI is InChI=1S/C21H23FN4O3/c1-12-5-6-15(22)16(7-12)24-18(27)11-25-9-13-8-14(10-25)20(21(23)29)26-17(13)3-2-4-19(26)28/h2-7,13-14,20H,8-11H2,1H3,(H2,23,29)(H,24,27)/t13-,14+,20-/m1/s1. The minimum atomic E-state index is -0.727. The molecule has 0 saturated carbocycles. The Balaban J connectivity index is 1.54. The number of aryl methyl sites for hydroxylation is 1. The van der Waals surface area contributed by atoms with Crippen molar-refractivity contribution in [2.75, 3.05) is 25.0 Å². The van der Waals surface area contributed by atoms with Gasteiger partial charge in [0.1, 0.15) is 11.9 Å². The molecule has 2 aliphatic rings. The monoisotopic (exact) mass is 398 g/mol. The minimum Gasteiger partial charge on any atom is -0.368 e. The highest BCUT2D eigenvalue weighted by Gasteiger charge is 2.43. The number of nitrogens with zero attached hydrogens (tertiary/aromatic N) is 2. The highest BCUT2D eigenvalue weighted by atomic mass is 19.1. The Morgan fingerprint density at radius 1 is 1.24 bits per heavy atom. The van der Waals surface area contributed by atoms with Crippen LogP contribution >= 0.6 is 0 Å². The molecule has 3 atom stereocenters. The molecular weight excluding hydrogens is 375 g/mol. The Hall–Kier alpha value is -3.00. The summed E-state index contributed by atoms with van der Waals surface area (Å²) in [5.41, 5.74) is 7.16. The highest BCUT2D eigenvalue weighted by Crippen LogP contribution is 2.40. The van der Waals surface area contributed by atoms with Gasteiger partial charge in [-0.25, -0.2) is 4.39 Å². The van der Waals surface area contributed by atoms with Gasteiger partial charge in [-0.2, -0.15) is 0 Å². The van der Waals surface area contributed by atoms with Crippen molar-refractivity contribution >= 4 is 17.5 Å². The Morgan fingerprint density at radius 3 is 2.79 bits per heavy atom. The number of pyridine rings is 1. The molecule has 3 N–H and O–H groups in total. The number of amides is 2. The summed E-state index contributed by atoms with van der Waals surface area (Å²) < 4.78 is 15.4. The van der Waals surface area contributed by atoms with E-state index >= 15 is 0 Å². The summed E-state index contributed by atoms with van der Waals surface area (Å²) in [5, 5.41) is 2.62. The van der Waals surface area contributed by atoms with Gasteiger partial charge in [0.25, 0.3) is 5.56 Å². The topological polar surface area (TPSA) is 97.4 Å². The van der Waals surface area contributed by atoms with Crippen molar-refractivity contribution in [1.82, 2.24) is 9.47 Å². The average molecular weight is 398 g/mol. The van der Waals surface area contributed by atoms with Gasteiger partial charge in [-0.3, -0.25) is 23.9 Å². The number of carbonyl (C=O) groups is 2. The third-order valence-electron chi connectivity index (χ3n) is 5.78. The summed E-state index contributed by atoms with van der Waals surface area (Å²) in [6.45, 7) is 2.94. The van der Waals surface area contributed by atoms with Crippen molar-refractivity contribution in [2.24, 2.45) is 11.7 Å². The van der Waals surface area contributed by atoms with Crippen molar-refractivity contribution in [3.63, 3.8) is 0 Å². The molecule has 2 aromatic rings. The van der Waals surface area contributed by atoms with Crippen molar-refractivity contribution in [1.29, 1.82) is 0 Å². The second-order valence-electron chi connectivity index (χ2n) is 7.92. The molecule has 29 heavy (non-hydrogen) atoms. The Labute approximate surface area is 167 Å². The third kappa shape index (κ3) is 3.67. The molecule has 2 aliphatic heterocycles. The summed E-state index contributed by atoms with van der Waals surface area (Å²) >= 11 is 0.